The molecule has 1 aliphatic heterocycles. The van der Waals surface area contributed by atoms with E-state index in [0.717, 1.165) is 26.2 Å². The van der Waals surface area contributed by atoms with Crippen LogP contribution in [0.15, 0.2) is 29.2 Å². The van der Waals surface area contributed by atoms with E-state index >= 15 is 0 Å². The zero-order chi connectivity index (χ0) is 15.5. The van der Waals surface area contributed by atoms with E-state index in [1.54, 1.807) is 0 Å². The van der Waals surface area contributed by atoms with E-state index in [-0.39, 0.29) is 16.2 Å². The standard InChI is InChI=1S/C14H20N2O4S/c1-15-6-8-16(9-7-15)10-11-21(19,20)13-4-2-12(3-5-13)14(17)18/h2-5H,6-11H2,1H3,(H,17,18). The van der Waals surface area contributed by atoms with Crippen LogP contribution in [0.25, 0.3) is 0 Å². The molecule has 1 saturated heterocycles. The van der Waals surface area contributed by atoms with Crippen LogP contribution >= 0.6 is 0 Å². The number of carboxylic acids is 1. The molecule has 0 spiro atoms. The average molecular weight is 312 g/mol. The topological polar surface area (TPSA) is 77.9 Å². The third-order valence-corrected chi connectivity index (χ3v) is 5.44. The lowest BCUT2D eigenvalue weighted by molar-refractivity contribution is 0.0696. The van der Waals surface area contributed by atoms with Crippen molar-refractivity contribution in [2.45, 2.75) is 4.90 Å². The maximum Gasteiger partial charge on any atom is 0.335 e. The molecule has 1 aliphatic rings. The second-order valence-corrected chi connectivity index (χ2v) is 7.40. The summed E-state index contributed by atoms with van der Waals surface area (Å²) in [4.78, 5) is 15.3. The van der Waals surface area contributed by atoms with Crippen molar-refractivity contribution >= 4 is 15.8 Å². The minimum absolute atomic E-state index is 0.0587. The summed E-state index contributed by atoms with van der Waals surface area (Å²) < 4.78 is 24.5. The van der Waals surface area contributed by atoms with Gasteiger partial charge >= 0.3 is 5.97 Å². The predicted octanol–water partition coefficient (Wildman–Crippen LogP) is 0.406. The van der Waals surface area contributed by atoms with Gasteiger partial charge in [-0.3, -0.25) is 4.90 Å². The quantitative estimate of drug-likeness (QED) is 0.848. The van der Waals surface area contributed by atoms with Crippen LogP contribution in [0.5, 0.6) is 0 Å². The minimum Gasteiger partial charge on any atom is -0.478 e. The van der Waals surface area contributed by atoms with Gasteiger partial charge in [0.1, 0.15) is 0 Å². The maximum absolute atomic E-state index is 12.2. The molecule has 0 aliphatic carbocycles. The van der Waals surface area contributed by atoms with Gasteiger partial charge in [0.15, 0.2) is 9.84 Å². The molecule has 116 valence electrons. The molecule has 0 aromatic heterocycles. The number of piperazine rings is 1. The van der Waals surface area contributed by atoms with Crippen LogP contribution in [-0.4, -0.2) is 74.8 Å². The van der Waals surface area contributed by atoms with Crippen LogP contribution in [0.3, 0.4) is 0 Å². The Balaban J connectivity index is 1.96. The highest BCUT2D eigenvalue weighted by Gasteiger charge is 2.19. The molecule has 0 atom stereocenters. The highest BCUT2D eigenvalue weighted by atomic mass is 32.2. The average Bonchev–Trinajstić information content (AvgIpc) is 2.47. The van der Waals surface area contributed by atoms with Gasteiger partial charge in [-0.2, -0.15) is 0 Å². The first-order valence-electron chi connectivity index (χ1n) is 6.85. The van der Waals surface area contributed by atoms with Crippen LogP contribution in [0.4, 0.5) is 0 Å². The number of rotatable bonds is 5. The van der Waals surface area contributed by atoms with Gasteiger partial charge in [0.05, 0.1) is 16.2 Å². The van der Waals surface area contributed by atoms with Crippen molar-refractivity contribution in [3.63, 3.8) is 0 Å². The molecule has 0 amide bonds. The third-order valence-electron chi connectivity index (χ3n) is 3.73. The number of likely N-dealkylation sites (N-methyl/N-ethyl adjacent to an activating group) is 1. The molecule has 1 aromatic carbocycles. The molecule has 6 nitrogen and oxygen atoms in total. The normalized spacial score (nSPS) is 17.8. The van der Waals surface area contributed by atoms with Crippen molar-refractivity contribution in [3.05, 3.63) is 29.8 Å². The Morgan fingerprint density at radius 1 is 1.14 bits per heavy atom. The van der Waals surface area contributed by atoms with Gasteiger partial charge in [-0.1, -0.05) is 0 Å². The van der Waals surface area contributed by atoms with Gasteiger partial charge in [-0.05, 0) is 31.3 Å². The minimum atomic E-state index is -3.36. The number of carboxylic acid groups (broad SMARTS) is 1. The fourth-order valence-electron chi connectivity index (χ4n) is 2.24. The smallest absolute Gasteiger partial charge is 0.335 e. The van der Waals surface area contributed by atoms with Crippen molar-refractivity contribution in [1.82, 2.24) is 9.80 Å². The summed E-state index contributed by atoms with van der Waals surface area (Å²) in [6.07, 6.45) is 0. The van der Waals surface area contributed by atoms with Crippen molar-refractivity contribution < 1.29 is 18.3 Å². The van der Waals surface area contributed by atoms with Crippen LogP contribution in [0, 0.1) is 0 Å². The fourth-order valence-corrected chi connectivity index (χ4v) is 3.53. The first-order valence-corrected chi connectivity index (χ1v) is 8.51. The highest BCUT2D eigenvalue weighted by Crippen LogP contribution is 2.13. The first kappa shape index (κ1) is 15.9. The lowest BCUT2D eigenvalue weighted by Gasteiger charge is -2.32. The molecule has 21 heavy (non-hydrogen) atoms. The molecule has 0 unspecified atom stereocenters. The van der Waals surface area contributed by atoms with E-state index in [4.69, 9.17) is 5.11 Å². The van der Waals surface area contributed by atoms with Gasteiger partial charge in [0, 0.05) is 32.7 Å². The Kier molecular flexibility index (Phi) is 4.97. The van der Waals surface area contributed by atoms with Crippen LogP contribution in [0.2, 0.25) is 0 Å². The molecule has 0 saturated carbocycles. The molecule has 1 N–H and O–H groups in total. The third kappa shape index (κ3) is 4.26. The Labute approximate surface area is 124 Å². The van der Waals surface area contributed by atoms with Crippen LogP contribution in [0.1, 0.15) is 10.4 Å². The summed E-state index contributed by atoms with van der Waals surface area (Å²) in [5, 5.41) is 8.81. The molecule has 0 radical (unpaired) electrons. The monoisotopic (exact) mass is 312 g/mol. The number of aromatic carboxylic acids is 1. The summed E-state index contributed by atoms with van der Waals surface area (Å²) >= 11 is 0. The Morgan fingerprint density at radius 2 is 1.71 bits per heavy atom. The Morgan fingerprint density at radius 3 is 2.24 bits per heavy atom. The largest absolute Gasteiger partial charge is 0.478 e. The van der Waals surface area contributed by atoms with Crippen molar-refractivity contribution in [2.24, 2.45) is 0 Å². The second-order valence-electron chi connectivity index (χ2n) is 5.29. The molecule has 1 fully saturated rings. The first-order chi connectivity index (χ1) is 9.88. The van der Waals surface area contributed by atoms with E-state index < -0.39 is 15.8 Å². The van der Waals surface area contributed by atoms with E-state index in [1.165, 1.54) is 24.3 Å². The SMILES string of the molecule is CN1CCN(CCS(=O)(=O)c2ccc(C(=O)O)cc2)CC1. The number of hydrogen-bond acceptors (Lipinski definition) is 5. The molecule has 1 aromatic rings. The van der Waals surface area contributed by atoms with Gasteiger partial charge in [0.25, 0.3) is 0 Å². The maximum atomic E-state index is 12.2. The van der Waals surface area contributed by atoms with E-state index in [1.807, 2.05) is 0 Å². The Hall–Kier alpha value is -1.44. The summed E-state index contributed by atoms with van der Waals surface area (Å²) in [5.74, 6) is -1.00. The molecular weight excluding hydrogens is 292 g/mol. The molecular formula is C14H20N2O4S. The molecule has 7 heteroatoms. The van der Waals surface area contributed by atoms with Crippen LogP contribution < -0.4 is 0 Å². The lowest BCUT2D eigenvalue weighted by Crippen LogP contribution is -2.45. The summed E-state index contributed by atoms with van der Waals surface area (Å²) in [6, 6.07) is 5.38. The van der Waals surface area contributed by atoms with Crippen LogP contribution in [-0.2, 0) is 9.84 Å². The summed E-state index contributed by atoms with van der Waals surface area (Å²) in [5.41, 5.74) is 0.0908. The van der Waals surface area contributed by atoms with Gasteiger partial charge in [-0.25, -0.2) is 13.2 Å². The summed E-state index contributed by atoms with van der Waals surface area (Å²) in [6.45, 7) is 4.17. The van der Waals surface area contributed by atoms with Gasteiger partial charge < -0.3 is 10.0 Å². The van der Waals surface area contributed by atoms with E-state index in [0.29, 0.717) is 6.54 Å². The number of nitrogens with zero attached hydrogens (tertiary/aromatic N) is 2. The number of hydrogen-bond donors (Lipinski definition) is 1. The molecule has 0 bridgehead atoms. The zero-order valence-electron chi connectivity index (χ0n) is 12.0. The van der Waals surface area contributed by atoms with Gasteiger partial charge in [0.2, 0.25) is 0 Å². The molecule has 2 rings (SSSR count). The van der Waals surface area contributed by atoms with Crippen molar-refractivity contribution in [1.29, 1.82) is 0 Å². The number of sulfone groups is 1. The zero-order valence-corrected chi connectivity index (χ0v) is 12.8. The van der Waals surface area contributed by atoms with Crippen molar-refractivity contribution in [3.8, 4) is 0 Å². The fraction of sp³-hybridized carbons (Fsp3) is 0.500. The van der Waals surface area contributed by atoms with E-state index in [9.17, 15) is 13.2 Å². The number of carbonyl (C=O) groups is 1. The highest BCUT2D eigenvalue weighted by molar-refractivity contribution is 7.91. The van der Waals surface area contributed by atoms with Crippen molar-refractivity contribution in [2.75, 3.05) is 45.5 Å². The lowest BCUT2D eigenvalue weighted by atomic mass is 10.2. The molecule has 1 heterocycles. The predicted molar refractivity (Wildman–Crippen MR) is 79.4 cm³/mol. The second kappa shape index (κ2) is 6.55. The number of benzene rings is 1. The van der Waals surface area contributed by atoms with E-state index in [2.05, 4.69) is 16.8 Å². The van der Waals surface area contributed by atoms with Gasteiger partial charge in [-0.15, -0.1) is 0 Å². The Bertz CT molecular complexity index is 590. The summed E-state index contributed by atoms with van der Waals surface area (Å²) in [7, 11) is -1.31.